The van der Waals surface area contributed by atoms with Crippen LogP contribution in [-0.4, -0.2) is 6.61 Å². The van der Waals surface area contributed by atoms with Crippen molar-refractivity contribution in [3.63, 3.8) is 0 Å². The van der Waals surface area contributed by atoms with Gasteiger partial charge in [-0.2, -0.15) is 8.78 Å². The van der Waals surface area contributed by atoms with Crippen LogP contribution in [0.15, 0.2) is 18.2 Å². The van der Waals surface area contributed by atoms with E-state index in [4.69, 9.17) is 5.84 Å². The van der Waals surface area contributed by atoms with E-state index < -0.39 is 6.61 Å². The van der Waals surface area contributed by atoms with Crippen molar-refractivity contribution in [1.29, 1.82) is 0 Å². The molecular formula is C9H12F2N2O. The summed E-state index contributed by atoms with van der Waals surface area (Å²) in [5.41, 5.74) is 3.80. The van der Waals surface area contributed by atoms with Crippen molar-refractivity contribution < 1.29 is 13.5 Å². The van der Waals surface area contributed by atoms with E-state index in [9.17, 15) is 8.78 Å². The lowest BCUT2D eigenvalue weighted by Crippen LogP contribution is -2.08. The molecule has 0 amide bonds. The number of nitrogens with one attached hydrogen (secondary N) is 1. The third kappa shape index (κ3) is 2.56. The summed E-state index contributed by atoms with van der Waals surface area (Å²) in [5, 5.41) is 0. The molecule has 1 aromatic rings. The summed E-state index contributed by atoms with van der Waals surface area (Å²) in [7, 11) is 0. The van der Waals surface area contributed by atoms with Crippen LogP contribution in [0, 0.1) is 0 Å². The van der Waals surface area contributed by atoms with E-state index in [2.05, 4.69) is 10.2 Å². The molecule has 5 heteroatoms. The molecule has 0 unspecified atom stereocenters. The Kier molecular flexibility index (Phi) is 3.64. The Balaban J connectivity index is 2.93. The molecule has 0 aliphatic rings. The fraction of sp³-hybridized carbons (Fsp3) is 0.333. The minimum absolute atomic E-state index is 0.196. The number of rotatable bonds is 4. The summed E-state index contributed by atoms with van der Waals surface area (Å²) in [6, 6.07) is 4.73. The van der Waals surface area contributed by atoms with Crippen LogP contribution in [0.3, 0.4) is 0 Å². The Labute approximate surface area is 80.8 Å². The predicted molar refractivity (Wildman–Crippen MR) is 50.3 cm³/mol. The van der Waals surface area contributed by atoms with Gasteiger partial charge in [0.15, 0.2) is 0 Å². The topological polar surface area (TPSA) is 47.3 Å². The normalized spacial score (nSPS) is 10.4. The second-order valence-electron chi connectivity index (χ2n) is 2.70. The zero-order valence-corrected chi connectivity index (χ0v) is 7.76. The molecule has 78 valence electrons. The summed E-state index contributed by atoms with van der Waals surface area (Å²) in [5.74, 6) is 5.38. The van der Waals surface area contributed by atoms with E-state index in [-0.39, 0.29) is 5.75 Å². The average molecular weight is 202 g/mol. The molecular weight excluding hydrogens is 190 g/mol. The van der Waals surface area contributed by atoms with Crippen molar-refractivity contribution >= 4 is 5.69 Å². The molecule has 0 atom stereocenters. The van der Waals surface area contributed by atoms with Gasteiger partial charge in [0.25, 0.3) is 0 Å². The van der Waals surface area contributed by atoms with Gasteiger partial charge in [0.2, 0.25) is 0 Å². The van der Waals surface area contributed by atoms with Gasteiger partial charge in [-0.3, -0.25) is 5.84 Å². The highest BCUT2D eigenvalue weighted by atomic mass is 19.3. The number of hydrogen-bond donors (Lipinski definition) is 2. The molecule has 3 nitrogen and oxygen atoms in total. The highest BCUT2D eigenvalue weighted by Crippen LogP contribution is 2.24. The van der Waals surface area contributed by atoms with Crippen molar-refractivity contribution in [3.05, 3.63) is 23.8 Å². The Morgan fingerprint density at radius 3 is 2.71 bits per heavy atom. The van der Waals surface area contributed by atoms with Gasteiger partial charge in [-0.05, 0) is 30.2 Å². The number of halogens is 2. The van der Waals surface area contributed by atoms with E-state index in [0.29, 0.717) is 17.7 Å². The fourth-order valence-electron chi connectivity index (χ4n) is 1.16. The predicted octanol–water partition coefficient (Wildman–Crippen LogP) is 2.14. The van der Waals surface area contributed by atoms with Crippen LogP contribution in [0.4, 0.5) is 14.5 Å². The number of ether oxygens (including phenoxy) is 1. The molecule has 0 spiro atoms. The smallest absolute Gasteiger partial charge is 0.387 e. The SMILES string of the molecule is CCc1cc(NN)ccc1OC(F)F. The third-order valence-corrected chi connectivity index (χ3v) is 1.82. The lowest BCUT2D eigenvalue weighted by Gasteiger charge is -2.10. The maximum Gasteiger partial charge on any atom is 0.387 e. The van der Waals surface area contributed by atoms with Crippen LogP contribution >= 0.6 is 0 Å². The lowest BCUT2D eigenvalue weighted by molar-refractivity contribution is -0.0504. The van der Waals surface area contributed by atoms with Crippen LogP contribution in [0.25, 0.3) is 0 Å². The molecule has 14 heavy (non-hydrogen) atoms. The molecule has 0 heterocycles. The maximum absolute atomic E-state index is 12.0. The summed E-state index contributed by atoms with van der Waals surface area (Å²) in [6.07, 6.45) is 0.609. The van der Waals surface area contributed by atoms with Gasteiger partial charge in [-0.1, -0.05) is 6.92 Å². The van der Waals surface area contributed by atoms with Gasteiger partial charge in [-0.25, -0.2) is 0 Å². The summed E-state index contributed by atoms with van der Waals surface area (Å²) >= 11 is 0. The molecule has 0 aromatic heterocycles. The van der Waals surface area contributed by atoms with Crippen LogP contribution in [0.5, 0.6) is 5.75 Å². The van der Waals surface area contributed by atoms with Gasteiger partial charge < -0.3 is 10.2 Å². The largest absolute Gasteiger partial charge is 0.435 e. The molecule has 0 bridgehead atoms. The number of hydrogen-bond acceptors (Lipinski definition) is 3. The summed E-state index contributed by atoms with van der Waals surface area (Å²) < 4.78 is 28.2. The van der Waals surface area contributed by atoms with E-state index in [1.807, 2.05) is 6.92 Å². The Morgan fingerprint density at radius 1 is 1.50 bits per heavy atom. The van der Waals surface area contributed by atoms with Gasteiger partial charge in [0, 0.05) is 5.69 Å². The van der Waals surface area contributed by atoms with Crippen LogP contribution in [0.2, 0.25) is 0 Å². The van der Waals surface area contributed by atoms with Crippen molar-refractivity contribution in [3.8, 4) is 5.75 Å². The minimum Gasteiger partial charge on any atom is -0.435 e. The molecule has 1 aromatic carbocycles. The first-order valence-corrected chi connectivity index (χ1v) is 4.21. The molecule has 0 aliphatic carbocycles. The maximum atomic E-state index is 12.0. The quantitative estimate of drug-likeness (QED) is 0.580. The standard InChI is InChI=1S/C9H12F2N2O/c1-2-6-5-7(13-12)3-4-8(6)14-9(10)11/h3-5,9,13H,2,12H2,1H3. The zero-order chi connectivity index (χ0) is 10.6. The van der Waals surface area contributed by atoms with E-state index in [1.54, 1.807) is 12.1 Å². The summed E-state index contributed by atoms with van der Waals surface area (Å²) in [4.78, 5) is 0. The third-order valence-electron chi connectivity index (χ3n) is 1.82. The average Bonchev–Trinajstić information content (AvgIpc) is 2.17. The molecule has 0 fully saturated rings. The van der Waals surface area contributed by atoms with Gasteiger partial charge in [0.05, 0.1) is 0 Å². The van der Waals surface area contributed by atoms with Gasteiger partial charge in [0.1, 0.15) is 5.75 Å². The number of anilines is 1. The Morgan fingerprint density at radius 2 is 2.21 bits per heavy atom. The molecule has 1 rings (SSSR count). The molecule has 3 N–H and O–H groups in total. The first-order valence-electron chi connectivity index (χ1n) is 4.21. The van der Waals surface area contributed by atoms with Crippen molar-refractivity contribution in [2.45, 2.75) is 20.0 Å². The second kappa shape index (κ2) is 4.76. The molecule has 0 aliphatic heterocycles. The van der Waals surface area contributed by atoms with Crippen molar-refractivity contribution in [2.75, 3.05) is 5.43 Å². The van der Waals surface area contributed by atoms with E-state index in [0.717, 1.165) is 0 Å². The number of alkyl halides is 2. The zero-order valence-electron chi connectivity index (χ0n) is 7.76. The Bertz CT molecular complexity index is 305. The molecule has 0 saturated heterocycles. The summed E-state index contributed by atoms with van der Waals surface area (Å²) in [6.45, 7) is -0.939. The molecule has 0 radical (unpaired) electrons. The number of nitrogens with two attached hydrogens (primary N) is 1. The Hall–Kier alpha value is -1.36. The lowest BCUT2D eigenvalue weighted by atomic mass is 10.1. The highest BCUT2D eigenvalue weighted by Gasteiger charge is 2.08. The van der Waals surface area contributed by atoms with E-state index >= 15 is 0 Å². The first-order chi connectivity index (χ1) is 6.67. The van der Waals surface area contributed by atoms with Crippen LogP contribution in [0.1, 0.15) is 12.5 Å². The fourth-order valence-corrected chi connectivity index (χ4v) is 1.16. The highest BCUT2D eigenvalue weighted by molar-refractivity contribution is 5.50. The minimum atomic E-state index is -2.79. The number of nitrogen functional groups attached to an aromatic ring is 1. The van der Waals surface area contributed by atoms with Crippen molar-refractivity contribution in [2.24, 2.45) is 5.84 Å². The van der Waals surface area contributed by atoms with Crippen LogP contribution in [-0.2, 0) is 6.42 Å². The number of benzene rings is 1. The monoisotopic (exact) mass is 202 g/mol. The van der Waals surface area contributed by atoms with Crippen molar-refractivity contribution in [1.82, 2.24) is 0 Å². The second-order valence-corrected chi connectivity index (χ2v) is 2.70. The molecule has 0 saturated carbocycles. The van der Waals surface area contributed by atoms with E-state index in [1.165, 1.54) is 6.07 Å². The van der Waals surface area contributed by atoms with Gasteiger partial charge in [-0.15, -0.1) is 0 Å². The number of aryl methyl sites for hydroxylation is 1. The first kappa shape index (κ1) is 10.7. The number of hydrazine groups is 1. The van der Waals surface area contributed by atoms with Crippen LogP contribution < -0.4 is 16.0 Å². The van der Waals surface area contributed by atoms with Gasteiger partial charge >= 0.3 is 6.61 Å².